The molecule has 4 aliphatic rings. The molecule has 0 saturated heterocycles. The molecule has 4 rings (SSSR count). The molecule has 0 spiro atoms. The Morgan fingerprint density at radius 1 is 1.23 bits per heavy atom. The number of ether oxygens (including phenoxy) is 4. The molecule has 0 aromatic rings. The summed E-state index contributed by atoms with van der Waals surface area (Å²) in [5, 5.41) is 0. The molecule has 174 valence electrons. The predicted octanol–water partition coefficient (Wildman–Crippen LogP) is 5.26. The minimum Gasteiger partial charge on any atom is -0.431 e. The van der Waals surface area contributed by atoms with Gasteiger partial charge in [0.15, 0.2) is 0 Å². The van der Waals surface area contributed by atoms with E-state index in [9.17, 15) is 4.79 Å². The Hall–Kier alpha value is -1.17. The highest BCUT2D eigenvalue weighted by molar-refractivity contribution is 5.77. The molecule has 3 aliphatic carbocycles. The molecule has 0 N–H and O–H groups in total. The van der Waals surface area contributed by atoms with Gasteiger partial charge >= 0.3 is 5.97 Å². The van der Waals surface area contributed by atoms with E-state index in [2.05, 4.69) is 27.4 Å². The smallest absolute Gasteiger partial charge is 0.315 e. The van der Waals surface area contributed by atoms with Gasteiger partial charge in [-0.3, -0.25) is 4.79 Å². The van der Waals surface area contributed by atoms with Gasteiger partial charge in [-0.1, -0.05) is 26.8 Å². The number of esters is 1. The molecule has 5 nitrogen and oxygen atoms in total. The molecule has 2 fully saturated rings. The third kappa shape index (κ3) is 3.91. The zero-order valence-corrected chi connectivity index (χ0v) is 19.8. The number of methoxy groups -OCH3 is 1. The van der Waals surface area contributed by atoms with Gasteiger partial charge in [0.25, 0.3) is 0 Å². The van der Waals surface area contributed by atoms with E-state index in [1.54, 1.807) is 7.11 Å². The minimum atomic E-state index is -0.102. The monoisotopic (exact) mass is 432 g/mol. The lowest BCUT2D eigenvalue weighted by atomic mass is 9.55. The molecule has 1 aliphatic heterocycles. The van der Waals surface area contributed by atoms with Gasteiger partial charge in [-0.15, -0.1) is 6.58 Å². The van der Waals surface area contributed by atoms with Crippen LogP contribution in [-0.2, 0) is 23.7 Å². The fraction of sp³-hybridized carbons (Fsp3) is 0.808. The summed E-state index contributed by atoms with van der Waals surface area (Å²) in [5.41, 5.74) is 1.52. The lowest BCUT2D eigenvalue weighted by Crippen LogP contribution is -2.50. The summed E-state index contributed by atoms with van der Waals surface area (Å²) < 4.78 is 22.9. The van der Waals surface area contributed by atoms with E-state index in [0.29, 0.717) is 24.4 Å². The van der Waals surface area contributed by atoms with Crippen molar-refractivity contribution in [1.82, 2.24) is 0 Å². The summed E-state index contributed by atoms with van der Waals surface area (Å²) in [6, 6.07) is 0. The number of allylic oxidation sites excluding steroid dienone is 2. The molecule has 0 aromatic carbocycles. The molecular formula is C26H40O5. The van der Waals surface area contributed by atoms with Crippen molar-refractivity contribution in [2.24, 2.45) is 34.5 Å². The highest BCUT2D eigenvalue weighted by Crippen LogP contribution is 2.64. The van der Waals surface area contributed by atoms with Gasteiger partial charge in [0, 0.05) is 25.0 Å². The number of carbonyl (C=O) groups excluding carboxylic acids is 1. The van der Waals surface area contributed by atoms with Crippen molar-refractivity contribution in [2.75, 3.05) is 27.1 Å². The van der Waals surface area contributed by atoms with Gasteiger partial charge in [-0.2, -0.15) is 0 Å². The van der Waals surface area contributed by atoms with E-state index in [1.807, 2.05) is 6.08 Å². The second kappa shape index (κ2) is 8.99. The predicted molar refractivity (Wildman–Crippen MR) is 119 cm³/mol. The van der Waals surface area contributed by atoms with Gasteiger partial charge in [-0.05, 0) is 67.8 Å². The molecule has 1 heterocycles. The third-order valence-corrected chi connectivity index (χ3v) is 9.10. The average Bonchev–Trinajstić information content (AvgIpc) is 3.10. The topological polar surface area (TPSA) is 54.0 Å². The molecule has 0 radical (unpaired) electrons. The number of hydrogen-bond donors (Lipinski definition) is 0. The number of rotatable bonds is 8. The van der Waals surface area contributed by atoms with Crippen molar-refractivity contribution in [3.05, 3.63) is 24.0 Å². The zero-order valence-electron chi connectivity index (χ0n) is 19.8. The van der Waals surface area contributed by atoms with Crippen molar-refractivity contribution < 1.29 is 23.7 Å². The molecule has 31 heavy (non-hydrogen) atoms. The van der Waals surface area contributed by atoms with Crippen LogP contribution in [0.4, 0.5) is 0 Å². The van der Waals surface area contributed by atoms with E-state index < -0.39 is 0 Å². The van der Waals surface area contributed by atoms with E-state index in [0.717, 1.165) is 44.5 Å². The molecule has 0 amide bonds. The first kappa shape index (κ1) is 23.0. The summed E-state index contributed by atoms with van der Waals surface area (Å²) in [6.45, 7) is 12.5. The Balaban J connectivity index is 1.55. The first-order chi connectivity index (χ1) is 14.8. The van der Waals surface area contributed by atoms with Crippen LogP contribution in [0, 0.1) is 34.5 Å². The van der Waals surface area contributed by atoms with E-state index in [1.165, 1.54) is 18.4 Å². The van der Waals surface area contributed by atoms with Gasteiger partial charge < -0.3 is 18.9 Å². The standard InChI is InChI=1S/C26H40O5/c1-6-13-29-15-17(2)19-7-8-20-23-21(10-12-25(19,20)3)26(4)11-9-18(30-16-28-5)14-22(26)24(27)31-23/h6,17-20,22H,1,7-16H2,2-5H3/t17-,18+,19-,20+,22-,25-,26-/m1/s1. The molecule has 7 atom stereocenters. The largest absolute Gasteiger partial charge is 0.431 e. The second-order valence-electron chi connectivity index (χ2n) is 10.7. The summed E-state index contributed by atoms with van der Waals surface area (Å²) in [6.07, 6.45) is 9.10. The van der Waals surface area contributed by atoms with Crippen LogP contribution in [0.25, 0.3) is 0 Å². The Morgan fingerprint density at radius 2 is 2.03 bits per heavy atom. The van der Waals surface area contributed by atoms with Crippen molar-refractivity contribution in [3.8, 4) is 0 Å². The van der Waals surface area contributed by atoms with Crippen LogP contribution in [0.1, 0.15) is 65.7 Å². The maximum atomic E-state index is 13.2. The van der Waals surface area contributed by atoms with Crippen LogP contribution in [0.3, 0.4) is 0 Å². The molecule has 0 unspecified atom stereocenters. The fourth-order valence-corrected chi connectivity index (χ4v) is 7.36. The Bertz CT molecular complexity index is 729. The molecular weight excluding hydrogens is 392 g/mol. The van der Waals surface area contributed by atoms with Crippen LogP contribution in [0.5, 0.6) is 0 Å². The summed E-state index contributed by atoms with van der Waals surface area (Å²) in [5.74, 6) is 2.34. The summed E-state index contributed by atoms with van der Waals surface area (Å²) in [4.78, 5) is 13.2. The highest BCUT2D eigenvalue weighted by atomic mass is 16.7. The molecule has 5 heteroatoms. The van der Waals surface area contributed by atoms with Crippen molar-refractivity contribution in [1.29, 1.82) is 0 Å². The van der Waals surface area contributed by atoms with Crippen LogP contribution >= 0.6 is 0 Å². The fourth-order valence-electron chi connectivity index (χ4n) is 7.36. The van der Waals surface area contributed by atoms with Gasteiger partial charge in [-0.25, -0.2) is 0 Å². The molecule has 0 bridgehead atoms. The normalized spacial score (nSPS) is 40.6. The third-order valence-electron chi connectivity index (χ3n) is 9.10. The van der Waals surface area contributed by atoms with Crippen molar-refractivity contribution in [3.63, 3.8) is 0 Å². The van der Waals surface area contributed by atoms with Crippen molar-refractivity contribution >= 4 is 5.97 Å². The van der Waals surface area contributed by atoms with Crippen LogP contribution in [0.15, 0.2) is 24.0 Å². The first-order valence-corrected chi connectivity index (χ1v) is 12.1. The Labute approximate surface area is 187 Å². The van der Waals surface area contributed by atoms with E-state index >= 15 is 0 Å². The number of hydrogen-bond acceptors (Lipinski definition) is 5. The van der Waals surface area contributed by atoms with E-state index in [4.69, 9.17) is 18.9 Å². The maximum Gasteiger partial charge on any atom is 0.315 e. The lowest BCUT2D eigenvalue weighted by molar-refractivity contribution is -0.164. The second-order valence-corrected chi connectivity index (χ2v) is 10.7. The van der Waals surface area contributed by atoms with Gasteiger partial charge in [0.2, 0.25) is 0 Å². The van der Waals surface area contributed by atoms with E-state index in [-0.39, 0.29) is 35.6 Å². The SMILES string of the molecule is C=CCOC[C@@H](C)[C@H]1CC[C@H]2C3=C(CC[C@]12C)[C@@]1(C)CC[C@H](OCOC)C[C@@H]1C(=O)O3. The Morgan fingerprint density at radius 3 is 2.77 bits per heavy atom. The highest BCUT2D eigenvalue weighted by Gasteiger charge is 2.59. The minimum absolute atomic E-state index is 0.0398. The summed E-state index contributed by atoms with van der Waals surface area (Å²) >= 11 is 0. The molecule has 0 aromatic heterocycles. The van der Waals surface area contributed by atoms with Crippen LogP contribution in [-0.4, -0.2) is 39.2 Å². The lowest BCUT2D eigenvalue weighted by Gasteiger charge is -2.53. The van der Waals surface area contributed by atoms with Crippen LogP contribution in [0.2, 0.25) is 0 Å². The zero-order chi connectivity index (χ0) is 22.2. The van der Waals surface area contributed by atoms with Gasteiger partial charge in [0.05, 0.1) is 18.6 Å². The maximum absolute atomic E-state index is 13.2. The summed E-state index contributed by atoms with van der Waals surface area (Å²) in [7, 11) is 1.64. The van der Waals surface area contributed by atoms with Crippen molar-refractivity contribution in [2.45, 2.75) is 71.8 Å². The van der Waals surface area contributed by atoms with Crippen LogP contribution < -0.4 is 0 Å². The molecule has 2 saturated carbocycles. The number of carbonyl (C=O) groups is 1. The quantitative estimate of drug-likeness (QED) is 0.227. The first-order valence-electron chi connectivity index (χ1n) is 12.1. The Kier molecular flexibility index (Phi) is 6.67. The van der Waals surface area contributed by atoms with Gasteiger partial charge in [0.1, 0.15) is 12.6 Å². The average molecular weight is 433 g/mol. The number of fused-ring (bicyclic) bond motifs is 4.